The number of hydrogen-bond donors (Lipinski definition) is 0. The Hall–Kier alpha value is -0.490. The van der Waals surface area contributed by atoms with Crippen molar-refractivity contribution in [2.24, 2.45) is 0 Å². The van der Waals surface area contributed by atoms with Gasteiger partial charge in [-0.3, -0.25) is 0 Å². The molecule has 0 aliphatic heterocycles. The molecule has 0 saturated heterocycles. The minimum atomic E-state index is -4.18. The van der Waals surface area contributed by atoms with Crippen molar-refractivity contribution in [3.05, 3.63) is 27.7 Å². The Morgan fingerprint density at radius 2 is 2.00 bits per heavy atom. The predicted molar refractivity (Wildman–Crippen MR) is 55.6 cm³/mol. The van der Waals surface area contributed by atoms with Crippen molar-refractivity contribution in [1.29, 1.82) is 0 Å². The van der Waals surface area contributed by atoms with Crippen molar-refractivity contribution in [3.8, 4) is 5.75 Å². The molecule has 0 bridgehead atoms. The molecule has 0 N–H and O–H groups in total. The van der Waals surface area contributed by atoms with Crippen molar-refractivity contribution < 1.29 is 22.3 Å². The van der Waals surface area contributed by atoms with Crippen molar-refractivity contribution >= 4 is 27.5 Å². The maximum absolute atomic E-state index is 12.5. The lowest BCUT2D eigenvalue weighted by molar-refractivity contribution is -0.148. The van der Waals surface area contributed by atoms with Crippen molar-refractivity contribution in [2.45, 2.75) is 12.3 Å². The molecule has 0 radical (unpaired) electrons. The van der Waals surface area contributed by atoms with Crippen LogP contribution in [0.2, 0.25) is 5.02 Å². The fourth-order valence-corrected chi connectivity index (χ4v) is 1.38. The van der Waals surface area contributed by atoms with Crippen molar-refractivity contribution in [2.75, 3.05) is 6.61 Å². The minimum Gasteiger partial charge on any atom is -0.486 e. The highest BCUT2D eigenvalue weighted by Crippen LogP contribution is 2.33. The molecule has 7 heteroatoms. The topological polar surface area (TPSA) is 9.23 Å². The molecule has 1 nitrogen and oxygen atoms in total. The van der Waals surface area contributed by atoms with Crippen LogP contribution in [0.15, 0.2) is 22.7 Å². The van der Waals surface area contributed by atoms with E-state index in [1.165, 1.54) is 18.2 Å². The summed E-state index contributed by atoms with van der Waals surface area (Å²) < 4.78 is 53.6. The van der Waals surface area contributed by atoms with E-state index < -0.39 is 19.0 Å². The van der Waals surface area contributed by atoms with Crippen LogP contribution in [0.4, 0.5) is 17.6 Å². The highest BCUT2D eigenvalue weighted by atomic mass is 79.9. The summed E-state index contributed by atoms with van der Waals surface area (Å²) in [6.07, 6.45) is -3.76. The lowest BCUT2D eigenvalue weighted by Gasteiger charge is -2.16. The molecular weight excluding hydrogens is 315 g/mol. The molecule has 0 unspecified atom stereocenters. The van der Waals surface area contributed by atoms with Gasteiger partial charge in [-0.2, -0.15) is 8.78 Å². The zero-order chi connectivity index (χ0) is 12.3. The third kappa shape index (κ3) is 3.25. The third-order valence-corrected chi connectivity index (χ3v) is 3.02. The second-order valence-electron chi connectivity index (χ2n) is 2.90. The van der Waals surface area contributed by atoms with Crippen LogP contribution < -0.4 is 4.74 Å². The average Bonchev–Trinajstić information content (AvgIpc) is 2.20. The standard InChI is InChI=1S/C9H6BrClF4O/c10-7-5(11)2-1-3-6(7)16-4-9(14,15)8(12)13/h1-3,8H,4H2. The van der Waals surface area contributed by atoms with Crippen LogP contribution in [0.5, 0.6) is 5.75 Å². The molecule has 0 atom stereocenters. The lowest BCUT2D eigenvalue weighted by atomic mass is 10.3. The summed E-state index contributed by atoms with van der Waals surface area (Å²) in [5.41, 5.74) is 0. The summed E-state index contributed by atoms with van der Waals surface area (Å²) in [5.74, 6) is -4.19. The number of rotatable bonds is 4. The van der Waals surface area contributed by atoms with Gasteiger partial charge in [0.1, 0.15) is 5.75 Å². The van der Waals surface area contributed by atoms with Gasteiger partial charge in [0.25, 0.3) is 0 Å². The first kappa shape index (κ1) is 13.6. The zero-order valence-electron chi connectivity index (χ0n) is 7.69. The Balaban J connectivity index is 2.72. The quantitative estimate of drug-likeness (QED) is 0.748. The van der Waals surface area contributed by atoms with Crippen molar-refractivity contribution in [1.82, 2.24) is 0 Å². The number of benzene rings is 1. The van der Waals surface area contributed by atoms with Gasteiger partial charge >= 0.3 is 12.3 Å². The highest BCUT2D eigenvalue weighted by molar-refractivity contribution is 9.10. The average molecular weight is 321 g/mol. The number of ether oxygens (including phenoxy) is 1. The Bertz CT molecular complexity index is 373. The van der Waals surface area contributed by atoms with Crippen LogP contribution in [0.25, 0.3) is 0 Å². The van der Waals surface area contributed by atoms with Gasteiger partial charge in [-0.25, -0.2) is 8.78 Å². The van der Waals surface area contributed by atoms with Gasteiger partial charge in [0, 0.05) is 0 Å². The second-order valence-corrected chi connectivity index (χ2v) is 4.10. The van der Waals surface area contributed by atoms with Crippen LogP contribution in [0.3, 0.4) is 0 Å². The maximum Gasteiger partial charge on any atom is 0.340 e. The van der Waals surface area contributed by atoms with E-state index in [2.05, 4.69) is 20.7 Å². The zero-order valence-corrected chi connectivity index (χ0v) is 10.0. The predicted octanol–water partition coefficient (Wildman–Crippen LogP) is 4.38. The first-order valence-electron chi connectivity index (χ1n) is 4.07. The van der Waals surface area contributed by atoms with E-state index in [1.807, 2.05) is 0 Å². The molecule has 0 aliphatic carbocycles. The van der Waals surface area contributed by atoms with Gasteiger partial charge in [0.05, 0.1) is 9.50 Å². The summed E-state index contributed by atoms with van der Waals surface area (Å²) in [5, 5.41) is 0.248. The lowest BCUT2D eigenvalue weighted by Crippen LogP contribution is -2.33. The van der Waals surface area contributed by atoms with Gasteiger partial charge in [0.2, 0.25) is 0 Å². The largest absolute Gasteiger partial charge is 0.486 e. The van der Waals surface area contributed by atoms with Gasteiger partial charge in [-0.15, -0.1) is 0 Å². The normalized spacial score (nSPS) is 11.9. The summed E-state index contributed by atoms with van der Waals surface area (Å²) in [7, 11) is 0. The molecule has 0 saturated carbocycles. The van der Waals surface area contributed by atoms with E-state index in [9.17, 15) is 17.6 Å². The highest BCUT2D eigenvalue weighted by Gasteiger charge is 2.41. The van der Waals surface area contributed by atoms with E-state index in [0.29, 0.717) is 0 Å². The molecule has 90 valence electrons. The molecular formula is C9H6BrClF4O. The molecule has 0 aliphatic rings. The summed E-state index contributed by atoms with van der Waals surface area (Å²) >= 11 is 8.66. The van der Waals surface area contributed by atoms with Crippen LogP contribution in [0, 0.1) is 0 Å². The first-order chi connectivity index (χ1) is 7.34. The smallest absolute Gasteiger partial charge is 0.340 e. The fraction of sp³-hybridized carbons (Fsp3) is 0.333. The maximum atomic E-state index is 12.5. The SMILES string of the molecule is FC(F)C(F)(F)COc1cccc(Cl)c1Br. The molecule has 0 heterocycles. The fourth-order valence-electron chi connectivity index (χ4n) is 0.832. The van der Waals surface area contributed by atoms with Gasteiger partial charge in [0.15, 0.2) is 6.61 Å². The number of hydrogen-bond acceptors (Lipinski definition) is 1. The summed E-state index contributed by atoms with van der Waals surface area (Å²) in [4.78, 5) is 0. The van der Waals surface area contributed by atoms with E-state index in [-0.39, 0.29) is 15.2 Å². The van der Waals surface area contributed by atoms with Crippen LogP contribution >= 0.6 is 27.5 Å². The monoisotopic (exact) mass is 320 g/mol. The molecule has 1 rings (SSSR count). The Morgan fingerprint density at radius 3 is 2.56 bits per heavy atom. The van der Waals surface area contributed by atoms with E-state index in [4.69, 9.17) is 11.6 Å². The van der Waals surface area contributed by atoms with Crippen molar-refractivity contribution in [3.63, 3.8) is 0 Å². The van der Waals surface area contributed by atoms with Crippen LogP contribution in [0.1, 0.15) is 0 Å². The van der Waals surface area contributed by atoms with Gasteiger partial charge in [-0.05, 0) is 28.1 Å². The molecule has 0 amide bonds. The minimum absolute atomic E-state index is 0.00664. The van der Waals surface area contributed by atoms with Gasteiger partial charge in [-0.1, -0.05) is 17.7 Å². The first-order valence-corrected chi connectivity index (χ1v) is 5.24. The van der Waals surface area contributed by atoms with Crippen LogP contribution in [-0.4, -0.2) is 19.0 Å². The molecule has 0 aromatic heterocycles. The molecule has 1 aromatic rings. The Labute approximate surface area is 102 Å². The van der Waals surface area contributed by atoms with E-state index in [1.54, 1.807) is 0 Å². The molecule has 16 heavy (non-hydrogen) atoms. The Morgan fingerprint density at radius 1 is 1.38 bits per heavy atom. The summed E-state index contributed by atoms with van der Waals surface area (Å²) in [6, 6.07) is 4.31. The van der Waals surface area contributed by atoms with E-state index >= 15 is 0 Å². The number of halogens is 6. The molecule has 0 spiro atoms. The second kappa shape index (κ2) is 5.23. The van der Waals surface area contributed by atoms with Crippen LogP contribution in [-0.2, 0) is 0 Å². The number of alkyl halides is 4. The Kier molecular flexibility index (Phi) is 4.43. The van der Waals surface area contributed by atoms with E-state index in [0.717, 1.165) is 0 Å². The van der Waals surface area contributed by atoms with Gasteiger partial charge < -0.3 is 4.74 Å². The third-order valence-electron chi connectivity index (χ3n) is 1.66. The molecule has 0 fully saturated rings. The molecule has 1 aromatic carbocycles. The summed E-state index contributed by atoms with van der Waals surface area (Å²) in [6.45, 7) is -1.40.